The van der Waals surface area contributed by atoms with Gasteiger partial charge in [-0.2, -0.15) is 0 Å². The summed E-state index contributed by atoms with van der Waals surface area (Å²) < 4.78 is 5.30. The molecule has 0 spiro atoms. The summed E-state index contributed by atoms with van der Waals surface area (Å²) in [6.07, 6.45) is -0.814. The Kier molecular flexibility index (Phi) is 4.20. The van der Waals surface area contributed by atoms with Crippen molar-refractivity contribution in [1.29, 1.82) is 0 Å². The van der Waals surface area contributed by atoms with E-state index in [0.29, 0.717) is 6.54 Å². The Bertz CT molecular complexity index is 269. The Morgan fingerprint density at radius 1 is 1.47 bits per heavy atom. The van der Waals surface area contributed by atoms with Crippen LogP contribution in [-0.4, -0.2) is 79.0 Å². The molecule has 98 valence electrons. The highest BCUT2D eigenvalue weighted by molar-refractivity contribution is 5.65. The van der Waals surface area contributed by atoms with Gasteiger partial charge in [0, 0.05) is 44.8 Å². The number of rotatable bonds is 2. The maximum absolute atomic E-state index is 11.1. The fraction of sp³-hybridized carbons (Fsp3) is 0.909. The van der Waals surface area contributed by atoms with Gasteiger partial charge in [-0.3, -0.25) is 4.90 Å². The summed E-state index contributed by atoms with van der Waals surface area (Å²) in [6, 6.07) is 0.300. The first kappa shape index (κ1) is 12.6. The van der Waals surface area contributed by atoms with Crippen LogP contribution in [0.15, 0.2) is 0 Å². The second-order valence-corrected chi connectivity index (χ2v) is 4.80. The zero-order valence-corrected chi connectivity index (χ0v) is 10.3. The highest BCUT2D eigenvalue weighted by Gasteiger charge is 2.29. The molecule has 6 heteroatoms. The first-order valence-electron chi connectivity index (χ1n) is 6.20. The molecule has 0 radical (unpaired) electrons. The van der Waals surface area contributed by atoms with E-state index in [1.165, 1.54) is 4.90 Å². The van der Waals surface area contributed by atoms with Gasteiger partial charge in [-0.15, -0.1) is 0 Å². The fourth-order valence-corrected chi connectivity index (χ4v) is 2.41. The Balaban J connectivity index is 1.83. The lowest BCUT2D eigenvalue weighted by atomic mass is 10.1. The molecule has 2 fully saturated rings. The molecule has 2 N–H and O–H groups in total. The van der Waals surface area contributed by atoms with Crippen LogP contribution < -0.4 is 5.32 Å². The summed E-state index contributed by atoms with van der Waals surface area (Å²) in [4.78, 5) is 14.9. The third kappa shape index (κ3) is 3.31. The molecule has 2 rings (SSSR count). The number of carbonyl (C=O) groups is 1. The Labute approximate surface area is 102 Å². The molecule has 0 aromatic heterocycles. The van der Waals surface area contributed by atoms with E-state index in [1.54, 1.807) is 0 Å². The van der Waals surface area contributed by atoms with E-state index in [9.17, 15) is 4.79 Å². The molecular weight excluding hydrogens is 222 g/mol. The van der Waals surface area contributed by atoms with E-state index in [1.807, 2.05) is 6.92 Å². The number of piperazine rings is 1. The average Bonchev–Trinajstić information content (AvgIpc) is 2.32. The molecule has 2 aliphatic heterocycles. The molecule has 2 saturated heterocycles. The van der Waals surface area contributed by atoms with E-state index < -0.39 is 6.09 Å². The maximum atomic E-state index is 11.1. The lowest BCUT2D eigenvalue weighted by Gasteiger charge is -2.39. The lowest BCUT2D eigenvalue weighted by Crippen LogP contribution is -2.60. The van der Waals surface area contributed by atoms with E-state index in [2.05, 4.69) is 10.2 Å². The Hall–Kier alpha value is -0.850. The molecule has 2 heterocycles. The number of ether oxygens (including phenoxy) is 1. The van der Waals surface area contributed by atoms with Gasteiger partial charge < -0.3 is 20.1 Å². The van der Waals surface area contributed by atoms with Crippen molar-refractivity contribution < 1.29 is 14.6 Å². The minimum absolute atomic E-state index is 0.0634. The van der Waals surface area contributed by atoms with Crippen molar-refractivity contribution in [2.75, 3.05) is 45.9 Å². The zero-order chi connectivity index (χ0) is 12.3. The van der Waals surface area contributed by atoms with Crippen LogP contribution in [0.5, 0.6) is 0 Å². The van der Waals surface area contributed by atoms with E-state index in [4.69, 9.17) is 9.84 Å². The summed E-state index contributed by atoms with van der Waals surface area (Å²) in [7, 11) is 0. The molecule has 0 aliphatic carbocycles. The molecule has 1 amide bonds. The molecular formula is C11H21N3O3. The van der Waals surface area contributed by atoms with Crippen molar-refractivity contribution >= 4 is 6.09 Å². The Morgan fingerprint density at radius 3 is 2.82 bits per heavy atom. The van der Waals surface area contributed by atoms with Gasteiger partial charge in [-0.1, -0.05) is 0 Å². The third-order valence-corrected chi connectivity index (χ3v) is 3.48. The summed E-state index contributed by atoms with van der Waals surface area (Å²) in [5, 5.41) is 12.5. The molecule has 0 aromatic rings. The number of nitrogens with one attached hydrogen (secondary N) is 1. The molecule has 0 saturated carbocycles. The van der Waals surface area contributed by atoms with E-state index >= 15 is 0 Å². The summed E-state index contributed by atoms with van der Waals surface area (Å²) >= 11 is 0. The summed E-state index contributed by atoms with van der Waals surface area (Å²) in [5.74, 6) is 0. The van der Waals surface area contributed by atoms with E-state index in [0.717, 1.165) is 39.4 Å². The van der Waals surface area contributed by atoms with Crippen molar-refractivity contribution in [3.05, 3.63) is 0 Å². The number of morpholine rings is 1. The molecule has 2 aliphatic rings. The summed E-state index contributed by atoms with van der Waals surface area (Å²) in [6.45, 7) is 7.61. The van der Waals surface area contributed by atoms with Gasteiger partial charge in [0.25, 0.3) is 0 Å². The van der Waals surface area contributed by atoms with Crippen molar-refractivity contribution in [2.45, 2.75) is 19.0 Å². The Morgan fingerprint density at radius 2 is 2.18 bits per heavy atom. The van der Waals surface area contributed by atoms with Crippen LogP contribution in [0.25, 0.3) is 0 Å². The third-order valence-electron chi connectivity index (χ3n) is 3.48. The van der Waals surface area contributed by atoms with Gasteiger partial charge >= 0.3 is 6.09 Å². The predicted octanol–water partition coefficient (Wildman–Crippen LogP) is -0.341. The first-order chi connectivity index (χ1) is 8.16. The van der Waals surface area contributed by atoms with Gasteiger partial charge in [0.2, 0.25) is 0 Å². The van der Waals surface area contributed by atoms with Gasteiger partial charge in [0.15, 0.2) is 0 Å². The number of carboxylic acid groups (broad SMARTS) is 1. The van der Waals surface area contributed by atoms with Crippen LogP contribution in [0.3, 0.4) is 0 Å². The van der Waals surface area contributed by atoms with E-state index in [-0.39, 0.29) is 12.1 Å². The minimum atomic E-state index is -0.814. The van der Waals surface area contributed by atoms with Crippen LogP contribution in [-0.2, 0) is 4.74 Å². The monoisotopic (exact) mass is 243 g/mol. The van der Waals surface area contributed by atoms with Crippen molar-refractivity contribution in [3.63, 3.8) is 0 Å². The van der Waals surface area contributed by atoms with Crippen LogP contribution in [0, 0.1) is 0 Å². The second kappa shape index (κ2) is 5.66. The largest absolute Gasteiger partial charge is 0.465 e. The molecule has 0 bridgehead atoms. The van der Waals surface area contributed by atoms with Crippen LogP contribution in [0.2, 0.25) is 0 Å². The highest BCUT2D eigenvalue weighted by Crippen LogP contribution is 2.09. The molecule has 17 heavy (non-hydrogen) atoms. The summed E-state index contributed by atoms with van der Waals surface area (Å²) in [5.41, 5.74) is 0. The van der Waals surface area contributed by atoms with Gasteiger partial charge in [-0.05, 0) is 6.92 Å². The van der Waals surface area contributed by atoms with Crippen molar-refractivity contribution in [3.8, 4) is 0 Å². The van der Waals surface area contributed by atoms with Crippen molar-refractivity contribution in [1.82, 2.24) is 15.1 Å². The first-order valence-corrected chi connectivity index (χ1v) is 6.20. The normalized spacial score (nSPS) is 31.5. The quantitative estimate of drug-likeness (QED) is 0.694. The van der Waals surface area contributed by atoms with Gasteiger partial charge in [0.1, 0.15) is 0 Å². The van der Waals surface area contributed by atoms with Crippen LogP contribution in [0.4, 0.5) is 4.79 Å². The molecule has 0 aromatic carbocycles. The fourth-order valence-electron chi connectivity index (χ4n) is 2.41. The molecule has 2 atom stereocenters. The van der Waals surface area contributed by atoms with Crippen LogP contribution in [0.1, 0.15) is 6.92 Å². The average molecular weight is 243 g/mol. The minimum Gasteiger partial charge on any atom is -0.465 e. The topological polar surface area (TPSA) is 65.0 Å². The SMILES string of the molecule is C[C@@H]1CN[C@@H](CN2CCOCC2)CN1C(=O)O. The maximum Gasteiger partial charge on any atom is 0.407 e. The number of hydrogen-bond acceptors (Lipinski definition) is 4. The van der Waals surface area contributed by atoms with Crippen LogP contribution >= 0.6 is 0 Å². The molecule has 6 nitrogen and oxygen atoms in total. The lowest BCUT2D eigenvalue weighted by molar-refractivity contribution is 0.0263. The smallest absolute Gasteiger partial charge is 0.407 e. The van der Waals surface area contributed by atoms with Gasteiger partial charge in [-0.25, -0.2) is 4.79 Å². The number of nitrogens with zero attached hydrogens (tertiary/aromatic N) is 2. The highest BCUT2D eigenvalue weighted by atomic mass is 16.5. The number of amides is 1. The van der Waals surface area contributed by atoms with Gasteiger partial charge in [0.05, 0.1) is 13.2 Å². The number of hydrogen-bond donors (Lipinski definition) is 2. The zero-order valence-electron chi connectivity index (χ0n) is 10.3. The predicted molar refractivity (Wildman–Crippen MR) is 63.2 cm³/mol. The second-order valence-electron chi connectivity index (χ2n) is 4.80. The van der Waals surface area contributed by atoms with Crippen molar-refractivity contribution in [2.24, 2.45) is 0 Å². The molecule has 0 unspecified atom stereocenters. The standard InChI is InChI=1S/C11H21N3O3/c1-9-6-12-10(8-14(9)11(15)16)7-13-2-4-17-5-3-13/h9-10,12H,2-8H2,1H3,(H,15,16)/t9-,10+/m1/s1.